The number of nitrogens with two attached hydrogens (primary N) is 1. The molecule has 26 heavy (non-hydrogen) atoms. The second-order valence-electron chi connectivity index (χ2n) is 5.28. The minimum atomic E-state index is -2.86. The lowest BCUT2D eigenvalue weighted by atomic mass is 10.0. The third-order valence-corrected chi connectivity index (χ3v) is 3.38. The molecule has 0 spiro atoms. The number of nitrogens with one attached hydrogen (secondary N) is 1. The summed E-state index contributed by atoms with van der Waals surface area (Å²) in [4.78, 5) is 15.0. The Morgan fingerprint density at radius 1 is 1.12 bits per heavy atom. The van der Waals surface area contributed by atoms with Gasteiger partial charge in [0.25, 0.3) is 5.91 Å². The number of carbonyl (C=O) groups is 1. The molecule has 0 saturated carbocycles. The zero-order chi connectivity index (χ0) is 19.3. The smallest absolute Gasteiger partial charge is 0.331 e. The molecule has 0 fully saturated rings. The van der Waals surface area contributed by atoms with Gasteiger partial charge in [-0.3, -0.25) is 4.79 Å². The van der Waals surface area contributed by atoms with Crippen LogP contribution in [0.15, 0.2) is 53.2 Å². The van der Waals surface area contributed by atoms with Gasteiger partial charge in [-0.15, -0.1) is 0 Å². The molecular formula is C18H15F4N3O. The average molecular weight is 365 g/mol. The van der Waals surface area contributed by atoms with Crippen molar-refractivity contribution in [3.8, 4) is 0 Å². The number of allylic oxidation sites excluding steroid dienone is 2. The van der Waals surface area contributed by atoms with Gasteiger partial charge < -0.3 is 11.1 Å². The quantitative estimate of drug-likeness (QED) is 0.474. The van der Waals surface area contributed by atoms with E-state index in [1.54, 1.807) is 0 Å². The van der Waals surface area contributed by atoms with Gasteiger partial charge in [-0.2, -0.15) is 8.78 Å². The van der Waals surface area contributed by atoms with Crippen LogP contribution in [0.4, 0.5) is 23.2 Å². The Balaban J connectivity index is 2.22. The molecule has 4 nitrogen and oxygen atoms in total. The second kappa shape index (κ2) is 8.28. The zero-order valence-corrected chi connectivity index (χ0v) is 13.6. The van der Waals surface area contributed by atoms with Crippen LogP contribution < -0.4 is 11.1 Å². The zero-order valence-electron chi connectivity index (χ0n) is 13.6. The van der Waals surface area contributed by atoms with E-state index in [0.717, 1.165) is 24.4 Å². The second-order valence-corrected chi connectivity index (χ2v) is 5.28. The number of carbonyl (C=O) groups excluding carboxylic acids is 1. The maximum Gasteiger partial charge on any atom is 0.331 e. The molecule has 0 aliphatic rings. The first-order valence-electron chi connectivity index (χ1n) is 7.43. The summed E-state index contributed by atoms with van der Waals surface area (Å²) in [7, 11) is 0. The number of hydrogen-bond donors (Lipinski definition) is 2. The number of nitrogens with zero attached hydrogens (tertiary/aromatic N) is 1. The first kappa shape index (κ1) is 19.2. The number of halogens is 4. The lowest BCUT2D eigenvalue weighted by molar-refractivity contribution is 0.101. The van der Waals surface area contributed by atoms with E-state index in [0.29, 0.717) is 11.1 Å². The van der Waals surface area contributed by atoms with Crippen LogP contribution in [0.25, 0.3) is 5.57 Å². The highest BCUT2D eigenvalue weighted by Gasteiger charge is 2.17. The first-order chi connectivity index (χ1) is 12.3. The molecule has 0 aromatic heterocycles. The van der Waals surface area contributed by atoms with E-state index < -0.39 is 29.7 Å². The number of aliphatic imine (C=N–C) groups is 1. The van der Waals surface area contributed by atoms with Gasteiger partial charge in [-0.25, -0.2) is 13.8 Å². The molecule has 0 aliphatic carbocycles. The van der Waals surface area contributed by atoms with E-state index in [2.05, 4.69) is 10.3 Å². The van der Waals surface area contributed by atoms with Gasteiger partial charge in [-0.05, 0) is 36.8 Å². The summed E-state index contributed by atoms with van der Waals surface area (Å²) < 4.78 is 51.7. The van der Waals surface area contributed by atoms with Crippen molar-refractivity contribution in [3.05, 3.63) is 70.9 Å². The van der Waals surface area contributed by atoms with Crippen LogP contribution in [0.5, 0.6) is 0 Å². The Bertz CT molecular complexity index is 837. The lowest BCUT2D eigenvalue weighted by Crippen LogP contribution is -2.15. The fourth-order valence-electron chi connectivity index (χ4n) is 2.18. The largest absolute Gasteiger partial charge is 0.402 e. The normalized spacial score (nSPS) is 12.4. The molecule has 0 saturated heterocycles. The number of amides is 1. The summed E-state index contributed by atoms with van der Waals surface area (Å²) in [5.74, 6) is -2.91. The maximum absolute atomic E-state index is 13.6. The summed E-state index contributed by atoms with van der Waals surface area (Å²) in [5, 5.41) is 2.37. The molecule has 136 valence electrons. The van der Waals surface area contributed by atoms with E-state index in [1.165, 1.54) is 31.2 Å². The molecule has 0 atom stereocenters. The van der Waals surface area contributed by atoms with Crippen LogP contribution in [0.3, 0.4) is 0 Å². The molecule has 0 aliphatic heterocycles. The first-order valence-corrected chi connectivity index (χ1v) is 7.43. The summed E-state index contributed by atoms with van der Waals surface area (Å²) in [6.45, 7) is -1.33. The number of rotatable bonds is 5. The Morgan fingerprint density at radius 3 is 2.19 bits per heavy atom. The van der Waals surface area contributed by atoms with E-state index in [1.807, 2.05) is 0 Å². The minimum Gasteiger partial charge on any atom is -0.402 e. The molecule has 0 heterocycles. The Labute approximate surface area is 147 Å². The van der Waals surface area contributed by atoms with E-state index in [9.17, 15) is 22.4 Å². The van der Waals surface area contributed by atoms with Crippen molar-refractivity contribution in [2.45, 2.75) is 13.5 Å². The highest BCUT2D eigenvalue weighted by atomic mass is 19.3. The van der Waals surface area contributed by atoms with Crippen molar-refractivity contribution in [2.24, 2.45) is 10.7 Å². The molecule has 0 bridgehead atoms. The van der Waals surface area contributed by atoms with Gasteiger partial charge >= 0.3 is 6.55 Å². The van der Waals surface area contributed by atoms with E-state index >= 15 is 0 Å². The minimum absolute atomic E-state index is 0.265. The van der Waals surface area contributed by atoms with Crippen molar-refractivity contribution in [3.63, 3.8) is 0 Å². The lowest BCUT2D eigenvalue weighted by Gasteiger charge is -2.09. The fourth-order valence-corrected chi connectivity index (χ4v) is 2.18. The Kier molecular flexibility index (Phi) is 6.11. The van der Waals surface area contributed by atoms with E-state index in [-0.39, 0.29) is 11.4 Å². The van der Waals surface area contributed by atoms with Gasteiger partial charge in [0.05, 0.1) is 0 Å². The molecule has 0 unspecified atom stereocenters. The molecular weight excluding hydrogens is 350 g/mol. The molecule has 1 amide bonds. The third kappa shape index (κ3) is 4.69. The van der Waals surface area contributed by atoms with Crippen LogP contribution in [0.1, 0.15) is 22.8 Å². The average Bonchev–Trinajstić information content (AvgIpc) is 2.55. The Morgan fingerprint density at radius 2 is 1.69 bits per heavy atom. The monoisotopic (exact) mass is 365 g/mol. The topological polar surface area (TPSA) is 67.5 Å². The van der Waals surface area contributed by atoms with Gasteiger partial charge in [-0.1, -0.05) is 18.2 Å². The van der Waals surface area contributed by atoms with Crippen LogP contribution in [0, 0.1) is 11.6 Å². The summed E-state index contributed by atoms with van der Waals surface area (Å²) in [6, 6.07) is 9.03. The number of hydrogen-bond acceptors (Lipinski definition) is 3. The van der Waals surface area contributed by atoms with Crippen molar-refractivity contribution in [1.82, 2.24) is 0 Å². The molecule has 8 heteroatoms. The predicted octanol–water partition coefficient (Wildman–Crippen LogP) is 4.20. The highest BCUT2D eigenvalue weighted by molar-refractivity contribution is 6.11. The Hall–Kier alpha value is -3.16. The van der Waals surface area contributed by atoms with Gasteiger partial charge in [0.15, 0.2) is 0 Å². The van der Waals surface area contributed by atoms with E-state index in [4.69, 9.17) is 5.73 Å². The van der Waals surface area contributed by atoms with Gasteiger partial charge in [0.1, 0.15) is 17.2 Å². The number of alkyl halides is 2. The van der Waals surface area contributed by atoms with Crippen molar-refractivity contribution in [1.29, 1.82) is 0 Å². The predicted molar refractivity (Wildman–Crippen MR) is 92.0 cm³/mol. The van der Waals surface area contributed by atoms with Gasteiger partial charge in [0, 0.05) is 23.2 Å². The summed E-state index contributed by atoms with van der Waals surface area (Å²) in [5.41, 5.74) is 6.31. The molecule has 0 radical (unpaired) electrons. The summed E-state index contributed by atoms with van der Waals surface area (Å²) in [6.07, 6.45) is 0.961. The van der Waals surface area contributed by atoms with Crippen LogP contribution in [-0.4, -0.2) is 18.7 Å². The maximum atomic E-state index is 13.6. The number of benzene rings is 2. The van der Waals surface area contributed by atoms with Crippen molar-refractivity contribution < 1.29 is 22.4 Å². The SMILES string of the molecule is C/C(N)=C(/C=N/C(F)F)c1ccc(NC(=O)c2c(F)cccc2F)cc1. The number of anilines is 1. The summed E-state index contributed by atoms with van der Waals surface area (Å²) >= 11 is 0. The van der Waals surface area contributed by atoms with Crippen molar-refractivity contribution >= 4 is 23.4 Å². The van der Waals surface area contributed by atoms with Crippen LogP contribution >= 0.6 is 0 Å². The fraction of sp³-hybridized carbons (Fsp3) is 0.111. The standard InChI is InChI=1S/C18H15F4N3O/c1-10(23)13(9-24-18(21)22)11-5-7-12(8-6-11)25-17(26)16-14(19)3-2-4-15(16)20/h2-9,18H,23H2,1H3,(H,25,26)/b13-10+,24-9+. The highest BCUT2D eigenvalue weighted by Crippen LogP contribution is 2.20. The molecule has 2 aromatic rings. The van der Waals surface area contributed by atoms with Crippen molar-refractivity contribution in [2.75, 3.05) is 5.32 Å². The van der Waals surface area contributed by atoms with Gasteiger partial charge in [0.2, 0.25) is 0 Å². The van der Waals surface area contributed by atoms with Crippen LogP contribution in [0.2, 0.25) is 0 Å². The molecule has 2 aromatic carbocycles. The molecule has 2 rings (SSSR count). The third-order valence-electron chi connectivity index (χ3n) is 3.38. The van der Waals surface area contributed by atoms with Crippen LogP contribution in [-0.2, 0) is 0 Å². The molecule has 3 N–H and O–H groups in total.